The maximum absolute atomic E-state index is 13.2. The van der Waals surface area contributed by atoms with Gasteiger partial charge in [-0.2, -0.15) is 18.4 Å². The first-order valence-electron chi connectivity index (χ1n) is 11.6. The number of likely N-dealkylation sites (N-methyl/N-ethyl adjacent to an activating group) is 1. The second-order valence-corrected chi connectivity index (χ2v) is 8.42. The molecule has 1 fully saturated rings. The van der Waals surface area contributed by atoms with E-state index in [1.807, 2.05) is 30.3 Å². The van der Waals surface area contributed by atoms with Crippen LogP contribution in [0, 0.1) is 17.2 Å². The predicted molar refractivity (Wildman–Crippen MR) is 124 cm³/mol. The number of benzene rings is 2. The van der Waals surface area contributed by atoms with Gasteiger partial charge >= 0.3 is 6.18 Å². The van der Waals surface area contributed by atoms with Crippen molar-refractivity contribution in [3.05, 3.63) is 71.3 Å². The molecule has 32 heavy (non-hydrogen) atoms. The molecule has 2 atom stereocenters. The van der Waals surface area contributed by atoms with Gasteiger partial charge in [-0.3, -0.25) is 0 Å². The van der Waals surface area contributed by atoms with Crippen LogP contribution in [0.25, 0.3) is 0 Å². The zero-order valence-corrected chi connectivity index (χ0v) is 19.2. The first kappa shape index (κ1) is 25.9. The van der Waals surface area contributed by atoms with Crippen molar-refractivity contribution in [1.29, 1.82) is 5.26 Å². The zero-order valence-electron chi connectivity index (χ0n) is 19.2. The molecule has 0 spiro atoms. The Hall–Kier alpha value is -2.32. The Kier molecular flexibility index (Phi) is 10.8. The fraction of sp³-hybridized carbons (Fsp3) is 0.519. The molecule has 0 N–H and O–H groups in total. The summed E-state index contributed by atoms with van der Waals surface area (Å²) in [5, 5.41) is 7.32. The summed E-state index contributed by atoms with van der Waals surface area (Å²) in [6.45, 7) is 6.76. The van der Waals surface area contributed by atoms with Gasteiger partial charge in [-0.25, -0.2) is 0 Å². The summed E-state index contributed by atoms with van der Waals surface area (Å²) in [6.07, 6.45) is 0.606. The van der Waals surface area contributed by atoms with Gasteiger partial charge in [0.15, 0.2) is 0 Å². The van der Waals surface area contributed by atoms with Gasteiger partial charge in [0.25, 0.3) is 0 Å². The van der Waals surface area contributed by atoms with Crippen molar-refractivity contribution in [3.63, 3.8) is 0 Å². The van der Waals surface area contributed by atoms with Crippen LogP contribution in [-0.2, 0) is 12.8 Å². The highest BCUT2D eigenvalue weighted by atomic mass is 19.4. The minimum atomic E-state index is -4.08. The Labute approximate surface area is 191 Å². The lowest BCUT2D eigenvalue weighted by Crippen LogP contribution is -2.27. The smallest absolute Gasteiger partial charge is 0.303 e. The Bertz CT molecular complexity index is 810. The Morgan fingerprint density at radius 1 is 0.938 bits per heavy atom. The SMILES string of the molecule is CC#N.CCN(CCCc1ccc(C2CCCC2C(F)(F)F)cc1)CCc1ccccc1. The molecule has 0 amide bonds. The maximum Gasteiger partial charge on any atom is 0.392 e. The summed E-state index contributed by atoms with van der Waals surface area (Å²) in [7, 11) is 0. The number of halogens is 3. The molecule has 0 bridgehead atoms. The van der Waals surface area contributed by atoms with Crippen LogP contribution in [0.3, 0.4) is 0 Å². The fourth-order valence-electron chi connectivity index (χ4n) is 4.55. The van der Waals surface area contributed by atoms with Crippen LogP contribution in [0.5, 0.6) is 0 Å². The van der Waals surface area contributed by atoms with Crippen molar-refractivity contribution in [2.45, 2.75) is 64.5 Å². The van der Waals surface area contributed by atoms with Crippen LogP contribution in [0.1, 0.15) is 62.1 Å². The van der Waals surface area contributed by atoms with Crippen LogP contribution in [-0.4, -0.2) is 30.7 Å². The lowest BCUT2D eigenvalue weighted by molar-refractivity contribution is -0.176. The number of aryl methyl sites for hydroxylation is 1. The second-order valence-electron chi connectivity index (χ2n) is 8.42. The standard InChI is InChI=1S/C25H32F3N.C2H3N/c1-2-29(19-17-20-8-4-3-5-9-20)18-7-10-21-13-15-22(16-14-21)23-11-6-12-24(23)25(26,27)28;1-2-3/h3-5,8-9,13-16,23-24H,2,6-7,10-12,17-19H2,1H3;1H3. The van der Waals surface area contributed by atoms with Gasteiger partial charge in [-0.15, -0.1) is 0 Å². The molecular weight excluding hydrogens is 409 g/mol. The molecular formula is C27H35F3N2. The molecule has 5 heteroatoms. The van der Waals surface area contributed by atoms with E-state index in [0.29, 0.717) is 12.8 Å². The van der Waals surface area contributed by atoms with Crippen LogP contribution in [0.15, 0.2) is 54.6 Å². The first-order valence-corrected chi connectivity index (χ1v) is 11.6. The van der Waals surface area contributed by atoms with Crippen LogP contribution in [0.4, 0.5) is 13.2 Å². The van der Waals surface area contributed by atoms with Gasteiger partial charge in [0.2, 0.25) is 0 Å². The number of alkyl halides is 3. The van der Waals surface area contributed by atoms with Crippen molar-refractivity contribution < 1.29 is 13.2 Å². The Morgan fingerprint density at radius 3 is 2.16 bits per heavy atom. The second kappa shape index (κ2) is 13.3. The van der Waals surface area contributed by atoms with Crippen LogP contribution >= 0.6 is 0 Å². The normalized spacial score (nSPS) is 18.2. The molecule has 2 nitrogen and oxygen atoms in total. The van der Waals surface area contributed by atoms with Crippen LogP contribution in [0.2, 0.25) is 0 Å². The molecule has 2 unspecified atom stereocenters. The molecule has 1 aliphatic rings. The number of hydrogen-bond acceptors (Lipinski definition) is 2. The van der Waals surface area contributed by atoms with E-state index in [-0.39, 0.29) is 12.3 Å². The first-order chi connectivity index (χ1) is 15.4. The highest BCUT2D eigenvalue weighted by Crippen LogP contribution is 2.48. The van der Waals surface area contributed by atoms with Gasteiger partial charge in [0.05, 0.1) is 12.0 Å². The topological polar surface area (TPSA) is 27.0 Å². The minimum Gasteiger partial charge on any atom is -0.303 e. The lowest BCUT2D eigenvalue weighted by Gasteiger charge is -2.23. The summed E-state index contributed by atoms with van der Waals surface area (Å²) in [6, 6.07) is 20.2. The Morgan fingerprint density at radius 2 is 1.56 bits per heavy atom. The van der Waals surface area contributed by atoms with E-state index in [1.54, 1.807) is 6.07 Å². The minimum absolute atomic E-state index is 0.270. The highest BCUT2D eigenvalue weighted by molar-refractivity contribution is 5.27. The van der Waals surface area contributed by atoms with E-state index in [9.17, 15) is 13.2 Å². The quantitative estimate of drug-likeness (QED) is 0.410. The number of nitrogens with zero attached hydrogens (tertiary/aromatic N) is 2. The highest BCUT2D eigenvalue weighted by Gasteiger charge is 2.47. The molecule has 1 saturated carbocycles. The van der Waals surface area contributed by atoms with E-state index in [0.717, 1.165) is 44.5 Å². The zero-order chi connectivity index (χ0) is 23.4. The third-order valence-corrected chi connectivity index (χ3v) is 6.29. The van der Waals surface area contributed by atoms with E-state index in [2.05, 4.69) is 36.1 Å². The van der Waals surface area contributed by atoms with Crippen LogP contribution < -0.4 is 0 Å². The van der Waals surface area contributed by atoms with Crippen molar-refractivity contribution in [2.24, 2.45) is 5.92 Å². The van der Waals surface area contributed by atoms with E-state index < -0.39 is 12.1 Å². The summed E-state index contributed by atoms with van der Waals surface area (Å²) in [5.41, 5.74) is 3.44. The average molecular weight is 445 g/mol. The maximum atomic E-state index is 13.2. The molecule has 2 aromatic rings. The molecule has 1 aliphatic carbocycles. The molecule has 0 radical (unpaired) electrons. The van der Waals surface area contributed by atoms with Gasteiger partial charge < -0.3 is 4.90 Å². The fourth-order valence-corrected chi connectivity index (χ4v) is 4.55. The van der Waals surface area contributed by atoms with Crippen molar-refractivity contribution in [2.75, 3.05) is 19.6 Å². The largest absolute Gasteiger partial charge is 0.392 e. The molecule has 174 valence electrons. The van der Waals surface area contributed by atoms with E-state index in [4.69, 9.17) is 5.26 Å². The molecule has 0 aromatic heterocycles. The van der Waals surface area contributed by atoms with Gasteiger partial charge in [-0.1, -0.05) is 67.9 Å². The summed E-state index contributed by atoms with van der Waals surface area (Å²) < 4.78 is 39.7. The molecule has 0 heterocycles. The van der Waals surface area contributed by atoms with Gasteiger partial charge in [0.1, 0.15) is 0 Å². The molecule has 0 saturated heterocycles. The average Bonchev–Trinajstić information content (AvgIpc) is 3.28. The molecule has 2 aromatic carbocycles. The van der Waals surface area contributed by atoms with Crippen molar-refractivity contribution >= 4 is 0 Å². The van der Waals surface area contributed by atoms with E-state index in [1.165, 1.54) is 18.1 Å². The predicted octanol–water partition coefficient (Wildman–Crippen LogP) is 7.16. The lowest BCUT2D eigenvalue weighted by atomic mass is 9.88. The molecule has 3 rings (SSSR count). The van der Waals surface area contributed by atoms with Crippen molar-refractivity contribution in [3.8, 4) is 6.07 Å². The van der Waals surface area contributed by atoms with Gasteiger partial charge in [-0.05, 0) is 67.8 Å². The third kappa shape index (κ3) is 8.31. The monoisotopic (exact) mass is 444 g/mol. The summed E-state index contributed by atoms with van der Waals surface area (Å²) in [4.78, 5) is 2.47. The van der Waals surface area contributed by atoms with Gasteiger partial charge in [0, 0.05) is 13.5 Å². The number of nitriles is 1. The summed E-state index contributed by atoms with van der Waals surface area (Å²) in [5.74, 6) is -1.53. The Balaban J connectivity index is 0.00000114. The molecule has 0 aliphatic heterocycles. The van der Waals surface area contributed by atoms with Crippen molar-refractivity contribution in [1.82, 2.24) is 4.90 Å². The third-order valence-electron chi connectivity index (χ3n) is 6.29. The van der Waals surface area contributed by atoms with E-state index >= 15 is 0 Å². The number of rotatable bonds is 9. The summed E-state index contributed by atoms with van der Waals surface area (Å²) >= 11 is 0. The number of hydrogen-bond donors (Lipinski definition) is 0.